The average molecular weight is 431 g/mol. The van der Waals surface area contributed by atoms with Crippen molar-refractivity contribution in [3.05, 3.63) is 102 Å². The Balaban J connectivity index is 1.88. The van der Waals surface area contributed by atoms with Gasteiger partial charge in [-0.2, -0.15) is 0 Å². The van der Waals surface area contributed by atoms with Gasteiger partial charge in [-0.25, -0.2) is 0 Å². The van der Waals surface area contributed by atoms with Crippen molar-refractivity contribution in [3.63, 3.8) is 0 Å². The van der Waals surface area contributed by atoms with Crippen molar-refractivity contribution >= 4 is 8.32 Å². The zero-order chi connectivity index (χ0) is 22.2. The third-order valence-electron chi connectivity index (χ3n) is 4.66. The summed E-state index contributed by atoms with van der Waals surface area (Å²) in [6, 6.07) is 28.3. The highest BCUT2D eigenvalue weighted by Crippen LogP contribution is 2.36. The Morgan fingerprint density at radius 1 is 0.806 bits per heavy atom. The van der Waals surface area contributed by atoms with Crippen LogP contribution in [0.4, 0.5) is 0 Å². The quantitative estimate of drug-likeness (QED) is 0.249. The number of benzene rings is 3. The molecule has 0 saturated carbocycles. The molecule has 0 aliphatic carbocycles. The minimum atomic E-state index is -1.95. The molecule has 3 nitrogen and oxygen atoms in total. The number of rotatable bonds is 8. The van der Waals surface area contributed by atoms with Gasteiger partial charge in [-0.05, 0) is 48.5 Å². The molecule has 0 atom stereocenters. The molecule has 0 spiro atoms. The molecular formula is C27H30O3Si. The molecule has 0 aliphatic heterocycles. The standard InChI is InChI=1S/C27H30O3Si/c1-28-26-18-11-13-23(21-26)22-29-20-12-19-27(30-31(2,3)4,24-14-7-5-8-15-24)25-16-9-6-10-17-25/h5-11,13-18,21H,20,22H2,1-4H3. The van der Waals surface area contributed by atoms with Crippen LogP contribution in [0.5, 0.6) is 5.75 Å². The van der Waals surface area contributed by atoms with Gasteiger partial charge < -0.3 is 13.9 Å². The van der Waals surface area contributed by atoms with E-state index in [-0.39, 0.29) is 0 Å². The molecule has 0 aliphatic rings. The van der Waals surface area contributed by atoms with E-state index in [1.54, 1.807) is 7.11 Å². The first-order chi connectivity index (χ1) is 14.9. The molecule has 0 radical (unpaired) electrons. The molecule has 160 valence electrons. The van der Waals surface area contributed by atoms with E-state index in [0.717, 1.165) is 22.4 Å². The molecule has 0 N–H and O–H groups in total. The van der Waals surface area contributed by atoms with Gasteiger partial charge in [0.2, 0.25) is 0 Å². The van der Waals surface area contributed by atoms with Crippen LogP contribution in [0.1, 0.15) is 16.7 Å². The number of methoxy groups -OCH3 is 1. The fourth-order valence-electron chi connectivity index (χ4n) is 3.40. The molecule has 4 heteroatoms. The molecule has 0 amide bonds. The monoisotopic (exact) mass is 430 g/mol. The lowest BCUT2D eigenvalue weighted by Gasteiger charge is -2.36. The van der Waals surface area contributed by atoms with Gasteiger partial charge in [-0.3, -0.25) is 0 Å². The predicted molar refractivity (Wildman–Crippen MR) is 129 cm³/mol. The Labute approximate surface area is 187 Å². The normalized spacial score (nSPS) is 11.5. The minimum absolute atomic E-state index is 0.313. The second kappa shape index (κ2) is 10.5. The highest BCUT2D eigenvalue weighted by molar-refractivity contribution is 6.69. The molecule has 0 saturated heterocycles. The zero-order valence-corrected chi connectivity index (χ0v) is 19.7. The molecule has 0 bridgehead atoms. The van der Waals surface area contributed by atoms with E-state index in [1.807, 2.05) is 60.7 Å². The van der Waals surface area contributed by atoms with E-state index in [9.17, 15) is 0 Å². The van der Waals surface area contributed by atoms with Crippen molar-refractivity contribution < 1.29 is 13.9 Å². The molecule has 0 heterocycles. The highest BCUT2D eigenvalue weighted by atomic mass is 28.4. The van der Waals surface area contributed by atoms with E-state index in [2.05, 4.69) is 55.7 Å². The van der Waals surface area contributed by atoms with Gasteiger partial charge in [-0.15, -0.1) is 0 Å². The summed E-state index contributed by atoms with van der Waals surface area (Å²) in [5.74, 6) is 7.50. The van der Waals surface area contributed by atoms with Crippen LogP contribution in [0.3, 0.4) is 0 Å². The molecular weight excluding hydrogens is 400 g/mol. The summed E-state index contributed by atoms with van der Waals surface area (Å²) in [6.45, 7) is 7.36. The van der Waals surface area contributed by atoms with Gasteiger partial charge in [-0.1, -0.05) is 84.6 Å². The Morgan fingerprint density at radius 2 is 1.42 bits per heavy atom. The predicted octanol–water partition coefficient (Wildman–Crippen LogP) is 6.01. The van der Waals surface area contributed by atoms with Crippen LogP contribution in [0.25, 0.3) is 0 Å². The average Bonchev–Trinajstić information content (AvgIpc) is 2.78. The van der Waals surface area contributed by atoms with Crippen molar-refractivity contribution in [1.82, 2.24) is 0 Å². The van der Waals surface area contributed by atoms with Crippen LogP contribution in [0.15, 0.2) is 84.9 Å². The fourth-order valence-corrected chi connectivity index (χ4v) is 4.61. The van der Waals surface area contributed by atoms with Gasteiger partial charge in [0, 0.05) is 0 Å². The summed E-state index contributed by atoms with van der Waals surface area (Å²) < 4.78 is 17.9. The van der Waals surface area contributed by atoms with Crippen LogP contribution in [-0.4, -0.2) is 22.0 Å². The van der Waals surface area contributed by atoms with Gasteiger partial charge in [0.25, 0.3) is 0 Å². The van der Waals surface area contributed by atoms with E-state index in [0.29, 0.717) is 13.2 Å². The number of ether oxygens (including phenoxy) is 2. The maximum atomic E-state index is 6.79. The fraction of sp³-hybridized carbons (Fsp3) is 0.259. The number of hydrogen-bond acceptors (Lipinski definition) is 3. The third-order valence-corrected chi connectivity index (χ3v) is 5.58. The largest absolute Gasteiger partial charge is 0.497 e. The molecule has 3 aromatic rings. The summed E-state index contributed by atoms with van der Waals surface area (Å²) in [4.78, 5) is 0. The van der Waals surface area contributed by atoms with Crippen molar-refractivity contribution in [2.45, 2.75) is 31.8 Å². The molecule has 0 aromatic heterocycles. The zero-order valence-electron chi connectivity index (χ0n) is 18.7. The van der Waals surface area contributed by atoms with Gasteiger partial charge in [0.15, 0.2) is 13.9 Å². The molecule has 3 rings (SSSR count). The number of hydrogen-bond donors (Lipinski definition) is 0. The highest BCUT2D eigenvalue weighted by Gasteiger charge is 2.38. The van der Waals surface area contributed by atoms with Crippen LogP contribution in [0, 0.1) is 11.8 Å². The minimum Gasteiger partial charge on any atom is -0.497 e. The van der Waals surface area contributed by atoms with Gasteiger partial charge >= 0.3 is 0 Å². The smallest absolute Gasteiger partial charge is 0.186 e. The third kappa shape index (κ3) is 6.32. The maximum Gasteiger partial charge on any atom is 0.186 e. The van der Waals surface area contributed by atoms with Crippen molar-refractivity contribution in [3.8, 4) is 17.6 Å². The summed E-state index contributed by atoms with van der Waals surface area (Å²) >= 11 is 0. The lowest BCUT2D eigenvalue weighted by molar-refractivity contribution is 0.149. The summed E-state index contributed by atoms with van der Waals surface area (Å²) in [7, 11) is -0.284. The van der Waals surface area contributed by atoms with Crippen molar-refractivity contribution in [1.29, 1.82) is 0 Å². The Bertz CT molecular complexity index is 975. The Morgan fingerprint density at radius 3 is 1.97 bits per heavy atom. The lowest BCUT2D eigenvalue weighted by atomic mass is 9.87. The first kappa shape index (κ1) is 22.8. The van der Waals surface area contributed by atoms with Crippen LogP contribution < -0.4 is 4.74 Å². The van der Waals surface area contributed by atoms with E-state index < -0.39 is 13.9 Å². The maximum absolute atomic E-state index is 6.79. The second-order valence-electron chi connectivity index (χ2n) is 8.27. The summed E-state index contributed by atoms with van der Waals surface area (Å²) in [5.41, 5.74) is 2.29. The summed E-state index contributed by atoms with van der Waals surface area (Å²) in [5, 5.41) is 0. The van der Waals surface area contributed by atoms with Crippen LogP contribution in [0.2, 0.25) is 19.6 Å². The molecule has 0 fully saturated rings. The van der Waals surface area contributed by atoms with Crippen molar-refractivity contribution in [2.24, 2.45) is 0 Å². The van der Waals surface area contributed by atoms with E-state index in [1.165, 1.54) is 0 Å². The summed E-state index contributed by atoms with van der Waals surface area (Å²) in [6.07, 6.45) is 0. The van der Waals surface area contributed by atoms with Crippen LogP contribution in [-0.2, 0) is 21.4 Å². The first-order valence-electron chi connectivity index (χ1n) is 10.4. The second-order valence-corrected chi connectivity index (χ2v) is 12.7. The molecule has 3 aromatic carbocycles. The molecule has 31 heavy (non-hydrogen) atoms. The Kier molecular flexibility index (Phi) is 7.70. The lowest BCUT2D eigenvalue weighted by Crippen LogP contribution is -2.40. The van der Waals surface area contributed by atoms with E-state index in [4.69, 9.17) is 13.9 Å². The Hall–Kier alpha value is -2.84. The molecule has 0 unspecified atom stereocenters. The van der Waals surface area contributed by atoms with Gasteiger partial charge in [0.1, 0.15) is 12.4 Å². The van der Waals surface area contributed by atoms with Crippen molar-refractivity contribution in [2.75, 3.05) is 13.7 Å². The topological polar surface area (TPSA) is 27.7 Å². The van der Waals surface area contributed by atoms with Gasteiger partial charge in [0.05, 0.1) is 13.7 Å². The SMILES string of the molecule is COc1cccc(COCC#CC(O[Si](C)(C)C)(c2ccccc2)c2ccccc2)c1. The first-order valence-corrected chi connectivity index (χ1v) is 13.9. The van der Waals surface area contributed by atoms with Crippen LogP contribution >= 0.6 is 0 Å². The van der Waals surface area contributed by atoms with E-state index >= 15 is 0 Å².